The maximum Gasteiger partial charge on any atom is 0.0451 e. The lowest BCUT2D eigenvalue weighted by Gasteiger charge is -2.07. The average Bonchev–Trinajstić information content (AvgIpc) is 2.20. The van der Waals surface area contributed by atoms with Crippen molar-refractivity contribution in [2.45, 2.75) is 38.9 Å². The number of aryl methyl sites for hydroxylation is 1. The molecule has 0 radical (unpaired) electrons. The molecular weight excluding hydrogens is 259 g/mol. The molecule has 0 saturated heterocycles. The van der Waals surface area contributed by atoms with Crippen LogP contribution in [0.3, 0.4) is 0 Å². The van der Waals surface area contributed by atoms with Gasteiger partial charge in [-0.15, -0.1) is 0 Å². The molecule has 0 saturated carbocycles. The van der Waals surface area contributed by atoms with Gasteiger partial charge >= 0.3 is 0 Å². The molecule has 1 rings (SSSR count). The fourth-order valence-electron chi connectivity index (χ4n) is 1.11. The molecule has 1 aromatic rings. The van der Waals surface area contributed by atoms with Gasteiger partial charge in [0.1, 0.15) is 0 Å². The minimum atomic E-state index is 0.330. The minimum absolute atomic E-state index is 0.330. The highest BCUT2D eigenvalue weighted by molar-refractivity contribution is 9.09. The van der Waals surface area contributed by atoms with Gasteiger partial charge in [-0.1, -0.05) is 60.4 Å². The third-order valence-electron chi connectivity index (χ3n) is 1.90. The number of alkyl halides is 1. The summed E-state index contributed by atoms with van der Waals surface area (Å²) in [6.45, 7) is 8.20. The summed E-state index contributed by atoms with van der Waals surface area (Å²) >= 11 is 9.57. The Bertz CT molecular complexity index is 269. The molecule has 0 amide bonds. The SMILES string of the molecule is CC.CCc1ccc(C(C)Br)c(Cl)c1. The van der Waals surface area contributed by atoms with Crippen molar-refractivity contribution in [2.24, 2.45) is 0 Å². The zero-order valence-corrected chi connectivity index (χ0v) is 11.6. The highest BCUT2D eigenvalue weighted by atomic mass is 79.9. The molecule has 0 N–H and O–H groups in total. The Labute approximate surface area is 101 Å². The van der Waals surface area contributed by atoms with E-state index in [1.54, 1.807) is 0 Å². The van der Waals surface area contributed by atoms with Gasteiger partial charge in [-0.25, -0.2) is 0 Å². The van der Waals surface area contributed by atoms with Crippen LogP contribution in [0.2, 0.25) is 5.02 Å². The Morgan fingerprint density at radius 1 is 1.36 bits per heavy atom. The van der Waals surface area contributed by atoms with Crippen molar-refractivity contribution >= 4 is 27.5 Å². The van der Waals surface area contributed by atoms with Crippen LogP contribution in [0.25, 0.3) is 0 Å². The molecular formula is C12H18BrCl. The van der Waals surface area contributed by atoms with E-state index in [0.29, 0.717) is 4.83 Å². The standard InChI is InChI=1S/C10H12BrCl.C2H6/c1-3-8-4-5-9(7(2)11)10(12)6-8;1-2/h4-7H,3H2,1-2H3;1-2H3. The van der Waals surface area contributed by atoms with Gasteiger partial charge in [0.2, 0.25) is 0 Å². The zero-order valence-electron chi connectivity index (χ0n) is 9.27. The van der Waals surface area contributed by atoms with E-state index >= 15 is 0 Å². The molecule has 1 aromatic carbocycles. The van der Waals surface area contributed by atoms with Crippen LogP contribution in [-0.4, -0.2) is 0 Å². The Morgan fingerprint density at radius 2 is 1.93 bits per heavy atom. The molecule has 0 spiro atoms. The summed E-state index contributed by atoms with van der Waals surface area (Å²) in [5, 5.41) is 0.860. The molecule has 0 nitrogen and oxygen atoms in total. The van der Waals surface area contributed by atoms with Crippen LogP contribution in [0.5, 0.6) is 0 Å². The van der Waals surface area contributed by atoms with Crippen molar-refractivity contribution in [3.8, 4) is 0 Å². The summed E-state index contributed by atoms with van der Waals surface area (Å²) in [5.41, 5.74) is 2.45. The molecule has 1 atom stereocenters. The van der Waals surface area contributed by atoms with Crippen molar-refractivity contribution in [1.82, 2.24) is 0 Å². The molecule has 0 aromatic heterocycles. The first-order valence-electron chi connectivity index (χ1n) is 5.07. The first-order valence-corrected chi connectivity index (χ1v) is 6.37. The van der Waals surface area contributed by atoms with E-state index in [1.165, 1.54) is 5.56 Å². The van der Waals surface area contributed by atoms with Gasteiger partial charge in [0, 0.05) is 9.85 Å². The fraction of sp³-hybridized carbons (Fsp3) is 0.500. The summed E-state index contributed by atoms with van der Waals surface area (Å²) < 4.78 is 0. The van der Waals surface area contributed by atoms with Crippen LogP contribution in [0, 0.1) is 0 Å². The summed E-state index contributed by atoms with van der Waals surface area (Å²) in [5.74, 6) is 0. The third-order valence-corrected chi connectivity index (χ3v) is 2.72. The van der Waals surface area contributed by atoms with E-state index in [9.17, 15) is 0 Å². The Kier molecular flexibility index (Phi) is 7.30. The number of halogens is 2. The summed E-state index contributed by atoms with van der Waals surface area (Å²) in [6, 6.07) is 6.24. The molecule has 14 heavy (non-hydrogen) atoms. The normalized spacial score (nSPS) is 11.6. The Balaban J connectivity index is 0.000000791. The van der Waals surface area contributed by atoms with E-state index in [4.69, 9.17) is 11.6 Å². The van der Waals surface area contributed by atoms with Crippen LogP contribution < -0.4 is 0 Å². The van der Waals surface area contributed by atoms with Gasteiger partial charge in [-0.05, 0) is 30.5 Å². The molecule has 0 aliphatic carbocycles. The largest absolute Gasteiger partial charge is 0.0841 e. The second kappa shape index (κ2) is 7.30. The van der Waals surface area contributed by atoms with Gasteiger partial charge < -0.3 is 0 Å². The van der Waals surface area contributed by atoms with Crippen molar-refractivity contribution in [3.63, 3.8) is 0 Å². The highest BCUT2D eigenvalue weighted by Gasteiger charge is 2.05. The van der Waals surface area contributed by atoms with Crippen LogP contribution in [-0.2, 0) is 6.42 Å². The Morgan fingerprint density at radius 3 is 2.29 bits per heavy atom. The lowest BCUT2D eigenvalue weighted by atomic mass is 10.1. The van der Waals surface area contributed by atoms with Crippen LogP contribution >= 0.6 is 27.5 Å². The van der Waals surface area contributed by atoms with Gasteiger partial charge in [-0.2, -0.15) is 0 Å². The maximum atomic E-state index is 6.07. The summed E-state index contributed by atoms with van der Waals surface area (Å²) in [6.07, 6.45) is 1.04. The molecule has 0 aliphatic heterocycles. The first-order chi connectivity index (χ1) is 6.65. The van der Waals surface area contributed by atoms with Crippen molar-refractivity contribution in [3.05, 3.63) is 34.3 Å². The summed E-state index contributed by atoms with van der Waals surface area (Å²) in [7, 11) is 0. The number of hydrogen-bond acceptors (Lipinski definition) is 0. The van der Waals surface area contributed by atoms with Crippen molar-refractivity contribution < 1.29 is 0 Å². The lowest BCUT2D eigenvalue weighted by molar-refractivity contribution is 1.09. The maximum absolute atomic E-state index is 6.07. The Hall–Kier alpha value is -0.0100. The monoisotopic (exact) mass is 276 g/mol. The molecule has 0 aliphatic rings. The van der Waals surface area contributed by atoms with Crippen molar-refractivity contribution in [2.75, 3.05) is 0 Å². The molecule has 0 fully saturated rings. The third kappa shape index (κ3) is 4.02. The van der Waals surface area contributed by atoms with Gasteiger partial charge in [-0.3, -0.25) is 0 Å². The van der Waals surface area contributed by atoms with E-state index in [0.717, 1.165) is 17.0 Å². The molecule has 80 valence electrons. The second-order valence-electron chi connectivity index (χ2n) is 2.83. The fourth-order valence-corrected chi connectivity index (χ4v) is 2.01. The topological polar surface area (TPSA) is 0 Å². The van der Waals surface area contributed by atoms with Crippen molar-refractivity contribution in [1.29, 1.82) is 0 Å². The quantitative estimate of drug-likeness (QED) is 0.636. The van der Waals surface area contributed by atoms with E-state index in [-0.39, 0.29) is 0 Å². The predicted octanol–water partition coefficient (Wildman–Crippen LogP) is 5.38. The average molecular weight is 278 g/mol. The predicted molar refractivity (Wildman–Crippen MR) is 69.5 cm³/mol. The van der Waals surface area contributed by atoms with E-state index < -0.39 is 0 Å². The molecule has 1 unspecified atom stereocenters. The number of hydrogen-bond donors (Lipinski definition) is 0. The molecule has 0 bridgehead atoms. The highest BCUT2D eigenvalue weighted by Crippen LogP contribution is 2.29. The van der Waals surface area contributed by atoms with E-state index in [2.05, 4.69) is 41.9 Å². The van der Waals surface area contributed by atoms with Crippen LogP contribution in [0.1, 0.15) is 43.6 Å². The van der Waals surface area contributed by atoms with Gasteiger partial charge in [0.25, 0.3) is 0 Å². The van der Waals surface area contributed by atoms with Crippen LogP contribution in [0.15, 0.2) is 18.2 Å². The molecule has 0 heterocycles. The van der Waals surface area contributed by atoms with Crippen LogP contribution in [0.4, 0.5) is 0 Å². The van der Waals surface area contributed by atoms with Gasteiger partial charge in [0.15, 0.2) is 0 Å². The van der Waals surface area contributed by atoms with Gasteiger partial charge in [0.05, 0.1) is 0 Å². The smallest absolute Gasteiger partial charge is 0.0451 e. The first kappa shape index (κ1) is 14.0. The summed E-state index contributed by atoms with van der Waals surface area (Å²) in [4.78, 5) is 0.330. The molecule has 2 heteroatoms. The van der Waals surface area contributed by atoms with E-state index in [1.807, 2.05) is 19.9 Å². The number of benzene rings is 1. The zero-order chi connectivity index (χ0) is 11.1. The lowest BCUT2D eigenvalue weighted by Crippen LogP contribution is -1.87. The second-order valence-corrected chi connectivity index (χ2v) is 4.61. The minimum Gasteiger partial charge on any atom is -0.0841 e. The number of rotatable bonds is 2.